The molecule has 0 aliphatic carbocycles. The van der Waals surface area contributed by atoms with Crippen LogP contribution in [0.2, 0.25) is 0 Å². The summed E-state index contributed by atoms with van der Waals surface area (Å²) in [6.07, 6.45) is 2.17. The summed E-state index contributed by atoms with van der Waals surface area (Å²) < 4.78 is 14.7. The van der Waals surface area contributed by atoms with E-state index in [1.165, 1.54) is 0 Å². The standard InChI is InChI=1S/C11H13BrFN/c1-7-5-8(12)6-9(11(7)13)10-3-2-4-14-10/h5-6,10,14H,2-4H2,1H3/t10-/m1/s1. The molecule has 1 aromatic rings. The third-order valence-corrected chi connectivity index (χ3v) is 3.14. The number of aryl methyl sites for hydroxylation is 1. The predicted octanol–water partition coefficient (Wildman–Crippen LogP) is 3.32. The van der Waals surface area contributed by atoms with Crippen LogP contribution in [0.15, 0.2) is 16.6 Å². The highest BCUT2D eigenvalue weighted by Crippen LogP contribution is 2.29. The van der Waals surface area contributed by atoms with Gasteiger partial charge in [-0.2, -0.15) is 0 Å². The van der Waals surface area contributed by atoms with Crippen LogP contribution in [0.4, 0.5) is 4.39 Å². The fourth-order valence-electron chi connectivity index (χ4n) is 1.96. The summed E-state index contributed by atoms with van der Waals surface area (Å²) in [6.45, 7) is 2.80. The van der Waals surface area contributed by atoms with Gasteiger partial charge in [0.25, 0.3) is 0 Å². The summed E-state index contributed by atoms with van der Waals surface area (Å²) in [4.78, 5) is 0. The molecule has 0 amide bonds. The van der Waals surface area contributed by atoms with Gasteiger partial charge < -0.3 is 5.32 Å². The van der Waals surface area contributed by atoms with Gasteiger partial charge in [0, 0.05) is 16.1 Å². The van der Waals surface area contributed by atoms with E-state index in [2.05, 4.69) is 21.2 Å². The zero-order chi connectivity index (χ0) is 10.1. The van der Waals surface area contributed by atoms with Crippen LogP contribution in [0.3, 0.4) is 0 Å². The Morgan fingerprint density at radius 3 is 2.93 bits per heavy atom. The van der Waals surface area contributed by atoms with Crippen molar-refractivity contribution in [2.24, 2.45) is 0 Å². The molecule has 3 heteroatoms. The summed E-state index contributed by atoms with van der Waals surface area (Å²) in [7, 11) is 0. The van der Waals surface area contributed by atoms with Crippen LogP contribution in [0.5, 0.6) is 0 Å². The topological polar surface area (TPSA) is 12.0 Å². The second kappa shape index (κ2) is 3.99. The van der Waals surface area contributed by atoms with Crippen LogP contribution in [0.1, 0.15) is 30.0 Å². The first-order chi connectivity index (χ1) is 6.68. The number of halogens is 2. The first-order valence-corrected chi connectivity index (χ1v) is 5.66. The molecule has 1 fully saturated rings. The van der Waals surface area contributed by atoms with Crippen LogP contribution in [-0.4, -0.2) is 6.54 Å². The molecular weight excluding hydrogens is 245 g/mol. The number of hydrogen-bond acceptors (Lipinski definition) is 1. The highest BCUT2D eigenvalue weighted by molar-refractivity contribution is 9.10. The highest BCUT2D eigenvalue weighted by atomic mass is 79.9. The minimum absolute atomic E-state index is 0.0624. The Balaban J connectivity index is 2.40. The molecule has 0 radical (unpaired) electrons. The van der Waals surface area contributed by atoms with Crippen molar-refractivity contribution in [1.29, 1.82) is 0 Å². The van der Waals surface area contributed by atoms with Gasteiger partial charge in [0.05, 0.1) is 0 Å². The van der Waals surface area contributed by atoms with Gasteiger partial charge in [-0.25, -0.2) is 4.39 Å². The maximum atomic E-state index is 13.8. The molecule has 2 rings (SSSR count). The molecule has 0 spiro atoms. The summed E-state index contributed by atoms with van der Waals surface area (Å²) in [5, 5.41) is 3.31. The van der Waals surface area contributed by atoms with Crippen LogP contribution >= 0.6 is 15.9 Å². The maximum absolute atomic E-state index is 13.8. The first-order valence-electron chi connectivity index (χ1n) is 4.87. The average Bonchev–Trinajstić information content (AvgIpc) is 2.63. The van der Waals surface area contributed by atoms with Gasteiger partial charge in [-0.05, 0) is 44.0 Å². The van der Waals surface area contributed by atoms with E-state index in [9.17, 15) is 4.39 Å². The van der Waals surface area contributed by atoms with Crippen molar-refractivity contribution in [2.45, 2.75) is 25.8 Å². The Morgan fingerprint density at radius 1 is 1.50 bits per heavy atom. The monoisotopic (exact) mass is 257 g/mol. The maximum Gasteiger partial charge on any atom is 0.130 e. The summed E-state index contributed by atoms with van der Waals surface area (Å²) in [5.74, 6) is -0.0624. The third-order valence-electron chi connectivity index (χ3n) is 2.68. The number of benzene rings is 1. The van der Waals surface area contributed by atoms with Crippen molar-refractivity contribution in [1.82, 2.24) is 5.32 Å². The highest BCUT2D eigenvalue weighted by Gasteiger charge is 2.20. The molecule has 1 saturated heterocycles. The lowest BCUT2D eigenvalue weighted by Gasteiger charge is -2.13. The molecular formula is C11H13BrFN. The van der Waals surface area contributed by atoms with E-state index in [0.717, 1.165) is 29.4 Å². The number of rotatable bonds is 1. The van der Waals surface area contributed by atoms with Gasteiger partial charge in [-0.15, -0.1) is 0 Å². The third kappa shape index (κ3) is 1.84. The predicted molar refractivity (Wildman–Crippen MR) is 58.8 cm³/mol. The molecule has 1 atom stereocenters. The van der Waals surface area contributed by atoms with Crippen molar-refractivity contribution in [3.05, 3.63) is 33.5 Å². The van der Waals surface area contributed by atoms with Crippen molar-refractivity contribution >= 4 is 15.9 Å². The Morgan fingerprint density at radius 2 is 2.29 bits per heavy atom. The molecule has 0 bridgehead atoms. The number of hydrogen-bond donors (Lipinski definition) is 1. The van der Waals surface area contributed by atoms with Gasteiger partial charge in [-0.3, -0.25) is 0 Å². The zero-order valence-corrected chi connectivity index (χ0v) is 9.70. The minimum Gasteiger partial charge on any atom is -0.310 e. The molecule has 76 valence electrons. The summed E-state index contributed by atoms with van der Waals surface area (Å²) in [5.41, 5.74) is 1.51. The molecule has 0 saturated carbocycles. The van der Waals surface area contributed by atoms with Crippen LogP contribution in [-0.2, 0) is 0 Å². The molecule has 0 aromatic heterocycles. The van der Waals surface area contributed by atoms with Gasteiger partial charge in [0.1, 0.15) is 5.82 Å². The molecule has 1 nitrogen and oxygen atoms in total. The van der Waals surface area contributed by atoms with Crippen molar-refractivity contribution in [3.8, 4) is 0 Å². The Hall–Kier alpha value is -0.410. The normalized spacial score (nSPS) is 21.5. The molecule has 1 aliphatic heterocycles. The molecule has 1 aliphatic rings. The van der Waals surface area contributed by atoms with E-state index in [0.29, 0.717) is 5.56 Å². The molecule has 1 heterocycles. The minimum atomic E-state index is -0.0624. The Labute approximate surface area is 91.8 Å². The van der Waals surface area contributed by atoms with Crippen molar-refractivity contribution in [3.63, 3.8) is 0 Å². The fraction of sp³-hybridized carbons (Fsp3) is 0.455. The van der Waals surface area contributed by atoms with Gasteiger partial charge >= 0.3 is 0 Å². The van der Waals surface area contributed by atoms with Crippen LogP contribution in [0.25, 0.3) is 0 Å². The van der Waals surface area contributed by atoms with E-state index >= 15 is 0 Å². The molecule has 1 N–H and O–H groups in total. The Bertz CT molecular complexity index is 345. The van der Waals surface area contributed by atoms with E-state index in [1.807, 2.05) is 12.1 Å². The van der Waals surface area contributed by atoms with E-state index < -0.39 is 0 Å². The lowest BCUT2D eigenvalue weighted by molar-refractivity contribution is 0.552. The van der Waals surface area contributed by atoms with Crippen LogP contribution in [0, 0.1) is 12.7 Å². The molecule has 0 unspecified atom stereocenters. The van der Waals surface area contributed by atoms with Crippen molar-refractivity contribution in [2.75, 3.05) is 6.54 Å². The zero-order valence-electron chi connectivity index (χ0n) is 8.11. The quantitative estimate of drug-likeness (QED) is 0.814. The average molecular weight is 258 g/mol. The number of nitrogens with one attached hydrogen (secondary N) is 1. The van der Waals surface area contributed by atoms with Gasteiger partial charge in [-0.1, -0.05) is 15.9 Å². The van der Waals surface area contributed by atoms with E-state index in [1.54, 1.807) is 6.92 Å². The lowest BCUT2D eigenvalue weighted by atomic mass is 10.0. The summed E-state index contributed by atoms with van der Waals surface area (Å²) in [6, 6.07) is 3.89. The largest absolute Gasteiger partial charge is 0.310 e. The first kappa shape index (κ1) is 10.1. The lowest BCUT2D eigenvalue weighted by Crippen LogP contribution is -2.14. The Kier molecular flexibility index (Phi) is 2.88. The van der Waals surface area contributed by atoms with Gasteiger partial charge in [0.2, 0.25) is 0 Å². The van der Waals surface area contributed by atoms with Gasteiger partial charge in [0.15, 0.2) is 0 Å². The van der Waals surface area contributed by atoms with E-state index in [4.69, 9.17) is 0 Å². The molecule has 14 heavy (non-hydrogen) atoms. The van der Waals surface area contributed by atoms with Crippen molar-refractivity contribution < 1.29 is 4.39 Å². The molecule has 1 aromatic carbocycles. The second-order valence-corrected chi connectivity index (χ2v) is 4.69. The van der Waals surface area contributed by atoms with Crippen LogP contribution < -0.4 is 5.32 Å². The smallest absolute Gasteiger partial charge is 0.130 e. The fourth-order valence-corrected chi connectivity index (χ4v) is 2.55. The second-order valence-electron chi connectivity index (χ2n) is 3.77. The van der Waals surface area contributed by atoms with E-state index in [-0.39, 0.29) is 11.9 Å². The SMILES string of the molecule is Cc1cc(Br)cc([C@H]2CCCN2)c1F. The summed E-state index contributed by atoms with van der Waals surface area (Å²) >= 11 is 3.40.